The fourth-order valence-corrected chi connectivity index (χ4v) is 7.00. The van der Waals surface area contributed by atoms with Gasteiger partial charge in [0.05, 0.1) is 22.8 Å². The van der Waals surface area contributed by atoms with Crippen molar-refractivity contribution in [2.75, 3.05) is 9.80 Å². The molecule has 6 nitrogen and oxygen atoms in total. The topological polar surface area (TPSA) is 58.0 Å². The first-order valence-electron chi connectivity index (χ1n) is 18.5. The third kappa shape index (κ3) is 7.27. The molecule has 4 heterocycles. The fraction of sp³-hybridized carbons (Fsp3) is 0. The summed E-state index contributed by atoms with van der Waals surface area (Å²) in [6, 6.07) is 66.9. The molecule has 9 aromatic rings. The molecule has 0 bridgehead atoms. The van der Waals surface area contributed by atoms with Crippen LogP contribution >= 0.6 is 0 Å². The van der Waals surface area contributed by atoms with Crippen LogP contribution in [0.15, 0.2) is 219 Å². The number of rotatable bonds is 10. The second kappa shape index (κ2) is 15.7. The highest BCUT2D eigenvalue weighted by atomic mass is 15.2. The normalized spacial score (nSPS) is 10.9. The van der Waals surface area contributed by atoms with Crippen LogP contribution in [0.3, 0.4) is 0 Å². The zero-order valence-electron chi connectivity index (χ0n) is 30.5. The molecule has 56 heavy (non-hydrogen) atoms. The van der Waals surface area contributed by atoms with Gasteiger partial charge in [-0.1, -0.05) is 72.8 Å². The van der Waals surface area contributed by atoms with Crippen molar-refractivity contribution in [1.82, 2.24) is 19.9 Å². The van der Waals surface area contributed by atoms with Crippen molar-refractivity contribution in [2.45, 2.75) is 0 Å². The van der Waals surface area contributed by atoms with Crippen molar-refractivity contribution < 1.29 is 0 Å². The predicted molar refractivity (Wildman–Crippen MR) is 229 cm³/mol. The first-order chi connectivity index (χ1) is 27.8. The Morgan fingerprint density at radius 2 is 0.500 bits per heavy atom. The fourth-order valence-electron chi connectivity index (χ4n) is 7.00. The van der Waals surface area contributed by atoms with Gasteiger partial charge in [-0.15, -0.1) is 0 Å². The summed E-state index contributed by atoms with van der Waals surface area (Å²) in [6.07, 6.45) is 7.33. The van der Waals surface area contributed by atoms with Crippen LogP contribution in [0.2, 0.25) is 0 Å². The van der Waals surface area contributed by atoms with Gasteiger partial charge in [-0.3, -0.25) is 19.9 Å². The number of anilines is 6. The number of hydrogen-bond donors (Lipinski definition) is 0. The Hall–Kier alpha value is -7.70. The minimum atomic E-state index is 0.920. The van der Waals surface area contributed by atoms with E-state index in [1.165, 1.54) is 0 Å². The molecule has 0 aliphatic heterocycles. The first-order valence-corrected chi connectivity index (χ1v) is 18.5. The third-order valence-electron chi connectivity index (χ3n) is 9.63. The van der Waals surface area contributed by atoms with Crippen LogP contribution in [-0.4, -0.2) is 19.9 Å². The monoisotopic (exact) mass is 720 g/mol. The number of aromatic nitrogens is 4. The quantitative estimate of drug-likeness (QED) is 0.140. The molecule has 0 spiro atoms. The van der Waals surface area contributed by atoms with E-state index in [4.69, 9.17) is 0 Å². The van der Waals surface area contributed by atoms with Crippen LogP contribution in [0.1, 0.15) is 0 Å². The minimum absolute atomic E-state index is 0.920. The summed E-state index contributed by atoms with van der Waals surface area (Å²) in [4.78, 5) is 23.2. The molecule has 4 aromatic heterocycles. The first kappa shape index (κ1) is 34.1. The van der Waals surface area contributed by atoms with Crippen molar-refractivity contribution in [3.05, 3.63) is 219 Å². The molecule has 0 aliphatic rings. The Labute approximate surface area is 326 Å². The average Bonchev–Trinajstić information content (AvgIpc) is 3.29. The molecule has 0 unspecified atom stereocenters. The van der Waals surface area contributed by atoms with E-state index in [2.05, 4.69) is 151 Å². The van der Waals surface area contributed by atoms with Crippen molar-refractivity contribution in [3.63, 3.8) is 0 Å². The molecule has 0 radical (unpaired) electrons. The summed E-state index contributed by atoms with van der Waals surface area (Å²) >= 11 is 0. The molecular weight excluding hydrogens is 685 g/mol. The Morgan fingerprint density at radius 1 is 0.232 bits per heavy atom. The summed E-state index contributed by atoms with van der Waals surface area (Å²) in [7, 11) is 0. The van der Waals surface area contributed by atoms with E-state index in [-0.39, 0.29) is 0 Å². The van der Waals surface area contributed by atoms with Gasteiger partial charge in [0.2, 0.25) is 0 Å². The molecule has 0 amide bonds. The summed E-state index contributed by atoms with van der Waals surface area (Å²) in [6.45, 7) is 0. The predicted octanol–water partition coefficient (Wildman–Crippen LogP) is 12.9. The van der Waals surface area contributed by atoms with Crippen LogP contribution in [0.5, 0.6) is 0 Å². The van der Waals surface area contributed by atoms with Gasteiger partial charge >= 0.3 is 0 Å². The SMILES string of the molecule is c1ccc(-c2cccc(N(c3ccc(N(c4cccc(-c5ccccn5)c4)c4cccc(-c5ccccn5)c4)cc3)c3cccc(-c4ccccn4)c3)c2)nc1. The molecular formula is C50H36N6. The third-order valence-corrected chi connectivity index (χ3v) is 9.63. The van der Waals surface area contributed by atoms with Gasteiger partial charge in [-0.2, -0.15) is 0 Å². The molecule has 5 aromatic carbocycles. The number of hydrogen-bond acceptors (Lipinski definition) is 6. The average molecular weight is 721 g/mol. The lowest BCUT2D eigenvalue weighted by Gasteiger charge is -2.29. The summed E-state index contributed by atoms with van der Waals surface area (Å²) < 4.78 is 0. The van der Waals surface area contributed by atoms with Gasteiger partial charge in [0, 0.05) is 81.2 Å². The maximum atomic E-state index is 4.65. The highest BCUT2D eigenvalue weighted by Crippen LogP contribution is 2.42. The number of nitrogens with zero attached hydrogens (tertiary/aromatic N) is 6. The molecule has 0 fully saturated rings. The van der Waals surface area contributed by atoms with E-state index in [1.807, 2.05) is 97.6 Å². The molecule has 0 saturated carbocycles. The maximum absolute atomic E-state index is 4.65. The molecule has 266 valence electrons. The van der Waals surface area contributed by atoms with Crippen molar-refractivity contribution in [2.24, 2.45) is 0 Å². The highest BCUT2D eigenvalue weighted by molar-refractivity contribution is 5.85. The van der Waals surface area contributed by atoms with E-state index in [9.17, 15) is 0 Å². The lowest BCUT2D eigenvalue weighted by atomic mass is 10.1. The van der Waals surface area contributed by atoms with Crippen LogP contribution in [-0.2, 0) is 0 Å². The van der Waals surface area contributed by atoms with E-state index in [0.717, 1.165) is 79.2 Å². The summed E-state index contributed by atoms with van der Waals surface area (Å²) in [5.41, 5.74) is 13.9. The Morgan fingerprint density at radius 3 is 0.732 bits per heavy atom. The lowest BCUT2D eigenvalue weighted by molar-refractivity contribution is 1.25. The van der Waals surface area contributed by atoms with E-state index in [0.29, 0.717) is 0 Å². The molecule has 0 atom stereocenters. The standard InChI is InChI=1S/C50H36N6/c1-5-29-51-47(21-1)37-13-9-17-43(33-37)55(44-18-10-14-38(34-44)48-22-2-6-30-52-48)41-25-27-42(28-26-41)56(45-19-11-15-39(35-45)49-23-3-7-31-53-49)46-20-12-16-40(36-46)50-24-4-8-32-54-50/h1-36H. The molecule has 0 N–H and O–H groups in total. The Kier molecular flexibility index (Phi) is 9.57. The van der Waals surface area contributed by atoms with Crippen molar-refractivity contribution in [1.29, 1.82) is 0 Å². The van der Waals surface area contributed by atoms with E-state index >= 15 is 0 Å². The van der Waals surface area contributed by atoms with Gasteiger partial charge in [0.25, 0.3) is 0 Å². The molecule has 9 rings (SSSR count). The Bertz CT molecular complexity index is 2330. The number of pyridine rings is 4. The zero-order chi connectivity index (χ0) is 37.5. The van der Waals surface area contributed by atoms with Crippen LogP contribution < -0.4 is 9.80 Å². The smallest absolute Gasteiger partial charge is 0.0702 e. The molecule has 0 saturated heterocycles. The van der Waals surface area contributed by atoms with Crippen LogP contribution in [0, 0.1) is 0 Å². The van der Waals surface area contributed by atoms with E-state index in [1.54, 1.807) is 0 Å². The Balaban J connectivity index is 1.17. The summed E-state index contributed by atoms with van der Waals surface area (Å²) in [5.74, 6) is 0. The highest BCUT2D eigenvalue weighted by Gasteiger charge is 2.19. The zero-order valence-corrected chi connectivity index (χ0v) is 30.5. The largest absolute Gasteiger partial charge is 0.310 e. The van der Waals surface area contributed by atoms with Gasteiger partial charge < -0.3 is 9.80 Å². The van der Waals surface area contributed by atoms with E-state index < -0.39 is 0 Å². The van der Waals surface area contributed by atoms with Gasteiger partial charge in [0.1, 0.15) is 0 Å². The van der Waals surface area contributed by atoms with Crippen LogP contribution in [0.4, 0.5) is 34.1 Å². The lowest BCUT2D eigenvalue weighted by Crippen LogP contribution is -2.12. The molecule has 0 aliphatic carbocycles. The number of benzene rings is 5. The summed E-state index contributed by atoms with van der Waals surface area (Å²) in [5, 5.41) is 0. The second-order valence-corrected chi connectivity index (χ2v) is 13.2. The van der Waals surface area contributed by atoms with Gasteiger partial charge in [-0.05, 0) is 121 Å². The molecule has 6 heteroatoms. The van der Waals surface area contributed by atoms with Crippen molar-refractivity contribution >= 4 is 34.1 Å². The van der Waals surface area contributed by atoms with Gasteiger partial charge in [-0.25, -0.2) is 0 Å². The van der Waals surface area contributed by atoms with Crippen molar-refractivity contribution in [3.8, 4) is 45.0 Å². The second-order valence-electron chi connectivity index (χ2n) is 13.2. The van der Waals surface area contributed by atoms with Crippen LogP contribution in [0.25, 0.3) is 45.0 Å². The van der Waals surface area contributed by atoms with Gasteiger partial charge in [0.15, 0.2) is 0 Å². The minimum Gasteiger partial charge on any atom is -0.310 e. The maximum Gasteiger partial charge on any atom is 0.0702 e.